The average Bonchev–Trinajstić information content (AvgIpc) is 2.39. The predicted molar refractivity (Wildman–Crippen MR) is 82.2 cm³/mol. The van der Waals surface area contributed by atoms with Gasteiger partial charge in [0, 0.05) is 11.5 Å². The Hall–Kier alpha value is -1.34. The summed E-state index contributed by atoms with van der Waals surface area (Å²) >= 11 is 2.77. The third kappa shape index (κ3) is 5.89. The van der Waals surface area contributed by atoms with Crippen LogP contribution in [0.5, 0.6) is 5.75 Å². The monoisotopic (exact) mass is 299 g/mol. The zero-order valence-corrected chi connectivity index (χ0v) is 12.5. The zero-order chi connectivity index (χ0) is 14.1. The Balaban J connectivity index is 2.63. The smallest absolute Gasteiger partial charge is 0.368 e. The van der Waals surface area contributed by atoms with E-state index in [1.807, 2.05) is 32.0 Å². The van der Waals surface area contributed by atoms with E-state index in [4.69, 9.17) is 10.5 Å². The minimum atomic E-state index is -0.424. The van der Waals surface area contributed by atoms with Crippen molar-refractivity contribution in [1.29, 1.82) is 0 Å². The lowest BCUT2D eigenvalue weighted by Crippen LogP contribution is -2.24. The van der Waals surface area contributed by atoms with Gasteiger partial charge in [-0.3, -0.25) is 0 Å². The number of hydrogen-bond acceptors (Lipinski definition) is 4. The van der Waals surface area contributed by atoms with Crippen LogP contribution < -0.4 is 10.5 Å². The van der Waals surface area contributed by atoms with Gasteiger partial charge in [0.15, 0.2) is 0 Å². The highest BCUT2D eigenvalue weighted by atomic mass is 32.2. The minimum absolute atomic E-state index is 0.158. The Morgan fingerprint density at radius 1 is 1.26 bits per heavy atom. The van der Waals surface area contributed by atoms with E-state index in [1.165, 1.54) is 27.6 Å². The summed E-state index contributed by atoms with van der Waals surface area (Å²) in [6.07, 6.45) is 0. The molecule has 0 aliphatic rings. The van der Waals surface area contributed by atoms with Gasteiger partial charge in [-0.25, -0.2) is 8.51 Å². The minimum Gasteiger partial charge on any atom is -0.426 e. The van der Waals surface area contributed by atoms with Crippen LogP contribution in [0.2, 0.25) is 0 Å². The lowest BCUT2D eigenvalue weighted by atomic mass is 10.3. The van der Waals surface area contributed by atoms with E-state index in [-0.39, 0.29) is 6.02 Å². The molecule has 0 aromatic heterocycles. The van der Waals surface area contributed by atoms with Gasteiger partial charge in [-0.05, 0) is 36.0 Å². The summed E-state index contributed by atoms with van der Waals surface area (Å²) < 4.78 is 6.75. The van der Waals surface area contributed by atoms with E-state index < -0.39 is 6.03 Å². The van der Waals surface area contributed by atoms with Gasteiger partial charge < -0.3 is 10.5 Å². The molecule has 0 bridgehead atoms. The molecule has 0 saturated carbocycles. The number of nitrogens with two attached hydrogens (primary N) is 1. The maximum Gasteiger partial charge on any atom is 0.368 e. The highest BCUT2D eigenvalue weighted by molar-refractivity contribution is 8.12. The van der Waals surface area contributed by atoms with Crippen LogP contribution in [0, 0.1) is 0 Å². The van der Waals surface area contributed by atoms with Crippen LogP contribution in [0.4, 0.5) is 4.79 Å². The van der Waals surface area contributed by atoms with E-state index in [1.54, 1.807) is 12.1 Å². The number of rotatable bonds is 5. The molecule has 1 aromatic carbocycles. The number of urea groups is 1. The molecule has 0 unspecified atom stereocenters. The van der Waals surface area contributed by atoms with Crippen molar-refractivity contribution in [1.82, 2.24) is 3.71 Å². The SMILES string of the molecule is CCSN(SCC)C(=O)/N=C(\N)Oc1ccccc1. The number of carbonyl (C=O) groups is 1. The first-order valence-electron chi connectivity index (χ1n) is 5.84. The highest BCUT2D eigenvalue weighted by Crippen LogP contribution is 2.22. The van der Waals surface area contributed by atoms with Crippen molar-refractivity contribution in [2.75, 3.05) is 11.5 Å². The van der Waals surface area contributed by atoms with Gasteiger partial charge in [-0.1, -0.05) is 32.0 Å². The summed E-state index contributed by atoms with van der Waals surface area (Å²) in [6.45, 7) is 3.93. The average molecular weight is 299 g/mol. The van der Waals surface area contributed by atoms with Gasteiger partial charge in [0.1, 0.15) is 5.75 Å². The molecule has 5 nitrogen and oxygen atoms in total. The van der Waals surface area contributed by atoms with Crippen molar-refractivity contribution in [2.24, 2.45) is 10.7 Å². The van der Waals surface area contributed by atoms with Crippen molar-refractivity contribution in [3.8, 4) is 5.75 Å². The van der Waals surface area contributed by atoms with Crippen LogP contribution in [-0.4, -0.2) is 27.3 Å². The van der Waals surface area contributed by atoms with Crippen LogP contribution in [0.1, 0.15) is 13.8 Å². The third-order valence-electron chi connectivity index (χ3n) is 1.82. The van der Waals surface area contributed by atoms with E-state index >= 15 is 0 Å². The summed E-state index contributed by atoms with van der Waals surface area (Å²) in [6, 6.07) is 8.40. The number of carbonyl (C=O) groups excluding carboxylic acids is 1. The van der Waals surface area contributed by atoms with Crippen molar-refractivity contribution < 1.29 is 9.53 Å². The lowest BCUT2D eigenvalue weighted by molar-refractivity contribution is 0.246. The normalized spacial score (nSPS) is 11.2. The number of amidine groups is 1. The van der Waals surface area contributed by atoms with Crippen LogP contribution in [0.3, 0.4) is 0 Å². The largest absolute Gasteiger partial charge is 0.426 e. The first-order valence-corrected chi connectivity index (χ1v) is 7.72. The fraction of sp³-hybridized carbons (Fsp3) is 0.333. The molecule has 1 aromatic rings. The molecule has 0 saturated heterocycles. The van der Waals surface area contributed by atoms with Gasteiger partial charge in [0.05, 0.1) is 0 Å². The molecule has 0 heterocycles. The van der Waals surface area contributed by atoms with Crippen LogP contribution in [-0.2, 0) is 0 Å². The van der Waals surface area contributed by atoms with Gasteiger partial charge >= 0.3 is 6.03 Å². The molecular weight excluding hydrogens is 282 g/mol. The predicted octanol–water partition coefficient (Wildman–Crippen LogP) is 3.14. The van der Waals surface area contributed by atoms with E-state index in [2.05, 4.69) is 4.99 Å². The highest BCUT2D eigenvalue weighted by Gasteiger charge is 2.14. The molecule has 2 N–H and O–H groups in total. The standard InChI is InChI=1S/C12H17N3O2S2/c1-3-18-15(19-4-2)12(16)14-11(13)17-10-8-6-5-7-9-10/h5-9H,3-4H2,1-2H3,(H2,13,14,16). The number of hydrogen-bond donors (Lipinski definition) is 1. The summed E-state index contributed by atoms with van der Waals surface area (Å²) in [4.78, 5) is 15.6. The second kappa shape index (κ2) is 8.71. The Kier molecular flexibility index (Phi) is 7.20. The second-order valence-electron chi connectivity index (χ2n) is 3.24. The Bertz CT molecular complexity index is 420. The van der Waals surface area contributed by atoms with Gasteiger partial charge in [-0.2, -0.15) is 0 Å². The molecule has 1 rings (SSSR count). The number of ether oxygens (including phenoxy) is 1. The quantitative estimate of drug-likeness (QED) is 0.514. The van der Waals surface area contributed by atoms with E-state index in [0.29, 0.717) is 5.75 Å². The van der Waals surface area contributed by atoms with E-state index in [9.17, 15) is 4.79 Å². The zero-order valence-electron chi connectivity index (χ0n) is 10.9. The molecule has 0 radical (unpaired) electrons. The Morgan fingerprint density at radius 2 is 1.84 bits per heavy atom. The summed E-state index contributed by atoms with van der Waals surface area (Å²) in [5.41, 5.74) is 5.60. The molecule has 0 aliphatic heterocycles. The van der Waals surface area contributed by atoms with Crippen molar-refractivity contribution in [3.05, 3.63) is 30.3 Å². The fourth-order valence-corrected chi connectivity index (χ4v) is 2.85. The van der Waals surface area contributed by atoms with Crippen LogP contribution >= 0.6 is 23.9 Å². The molecule has 104 valence electrons. The van der Waals surface area contributed by atoms with Crippen molar-refractivity contribution in [3.63, 3.8) is 0 Å². The van der Waals surface area contributed by atoms with Gasteiger partial charge in [0.2, 0.25) is 0 Å². The molecule has 0 fully saturated rings. The maximum absolute atomic E-state index is 11.9. The van der Waals surface area contributed by atoms with Crippen LogP contribution in [0.25, 0.3) is 0 Å². The Morgan fingerprint density at radius 3 is 2.37 bits per heavy atom. The van der Waals surface area contributed by atoms with Crippen molar-refractivity contribution in [2.45, 2.75) is 13.8 Å². The summed E-state index contributed by atoms with van der Waals surface area (Å²) in [7, 11) is 0. The molecule has 0 aliphatic carbocycles. The fourth-order valence-electron chi connectivity index (χ4n) is 1.15. The molecule has 19 heavy (non-hydrogen) atoms. The number of benzene rings is 1. The van der Waals surface area contributed by atoms with Crippen molar-refractivity contribution >= 4 is 35.9 Å². The summed E-state index contributed by atoms with van der Waals surface area (Å²) in [5.74, 6) is 2.12. The number of para-hydroxylation sites is 1. The molecule has 7 heteroatoms. The topological polar surface area (TPSA) is 67.9 Å². The van der Waals surface area contributed by atoms with E-state index in [0.717, 1.165) is 11.5 Å². The molecule has 0 spiro atoms. The van der Waals surface area contributed by atoms with Crippen LogP contribution in [0.15, 0.2) is 35.3 Å². The number of nitrogens with zero attached hydrogens (tertiary/aromatic N) is 2. The molecular formula is C12H17N3O2S2. The van der Waals surface area contributed by atoms with Gasteiger partial charge in [0.25, 0.3) is 6.02 Å². The summed E-state index contributed by atoms with van der Waals surface area (Å²) in [5, 5.41) is 0. The lowest BCUT2D eigenvalue weighted by Gasteiger charge is -2.15. The molecule has 0 atom stereocenters. The number of aliphatic imine (C=N–C) groups is 1. The second-order valence-corrected chi connectivity index (χ2v) is 5.87. The maximum atomic E-state index is 11.9. The molecule has 2 amide bonds. The first kappa shape index (κ1) is 15.7. The third-order valence-corrected chi connectivity index (χ3v) is 3.75. The van der Waals surface area contributed by atoms with Gasteiger partial charge in [-0.15, -0.1) is 4.99 Å². The first-order chi connectivity index (χ1) is 9.17. The Labute approximate surface area is 121 Å². The number of amides is 2.